The molecule has 0 aromatic heterocycles. The maximum atomic E-state index is 4.91. The van der Waals surface area contributed by atoms with E-state index >= 15 is 0 Å². The second kappa shape index (κ2) is 7.85. The standard InChI is InChI=1S/C16H29N3.HI/c1-2-17-16(18-10-13-6-5-7-13)19-11-14-8-3-4-9-15(14)12-19;/h13-15H,2-12H2,1H3,(H,17,18);1H. The third-order valence-corrected chi connectivity index (χ3v) is 5.33. The molecular weight excluding hydrogens is 361 g/mol. The summed E-state index contributed by atoms with van der Waals surface area (Å²) in [6, 6.07) is 0. The Bertz CT molecular complexity index is 314. The van der Waals surface area contributed by atoms with Gasteiger partial charge in [0.15, 0.2) is 5.96 Å². The first-order valence-electron chi connectivity index (χ1n) is 8.40. The van der Waals surface area contributed by atoms with Crippen LogP contribution in [0.2, 0.25) is 0 Å². The van der Waals surface area contributed by atoms with Crippen molar-refractivity contribution < 1.29 is 0 Å². The second-order valence-electron chi connectivity index (χ2n) is 6.70. The summed E-state index contributed by atoms with van der Waals surface area (Å²) in [6.45, 7) is 6.73. The van der Waals surface area contributed by atoms with Gasteiger partial charge in [0.05, 0.1) is 0 Å². The minimum Gasteiger partial charge on any atom is -0.357 e. The van der Waals surface area contributed by atoms with Crippen LogP contribution in [0, 0.1) is 17.8 Å². The molecule has 3 fully saturated rings. The van der Waals surface area contributed by atoms with E-state index in [0.717, 1.165) is 30.8 Å². The van der Waals surface area contributed by atoms with Gasteiger partial charge in [0.1, 0.15) is 0 Å². The van der Waals surface area contributed by atoms with Crippen LogP contribution in [-0.4, -0.2) is 37.0 Å². The minimum absolute atomic E-state index is 0. The van der Waals surface area contributed by atoms with Crippen LogP contribution in [0.3, 0.4) is 0 Å². The fourth-order valence-corrected chi connectivity index (χ4v) is 3.90. The molecule has 0 radical (unpaired) electrons. The van der Waals surface area contributed by atoms with E-state index in [-0.39, 0.29) is 24.0 Å². The molecule has 0 spiro atoms. The van der Waals surface area contributed by atoms with Crippen LogP contribution in [0.15, 0.2) is 4.99 Å². The van der Waals surface area contributed by atoms with Gasteiger partial charge in [-0.15, -0.1) is 24.0 Å². The van der Waals surface area contributed by atoms with Crippen LogP contribution < -0.4 is 5.32 Å². The van der Waals surface area contributed by atoms with Gasteiger partial charge in [0, 0.05) is 26.2 Å². The highest BCUT2D eigenvalue weighted by molar-refractivity contribution is 14.0. The average molecular weight is 391 g/mol. The van der Waals surface area contributed by atoms with E-state index in [1.807, 2.05) is 0 Å². The lowest BCUT2D eigenvalue weighted by Crippen LogP contribution is -2.40. The van der Waals surface area contributed by atoms with E-state index in [0.29, 0.717) is 0 Å². The van der Waals surface area contributed by atoms with Gasteiger partial charge < -0.3 is 10.2 Å². The number of fused-ring (bicyclic) bond motifs is 1. The highest BCUT2D eigenvalue weighted by atomic mass is 127. The van der Waals surface area contributed by atoms with E-state index in [9.17, 15) is 0 Å². The molecule has 1 aliphatic heterocycles. The van der Waals surface area contributed by atoms with Gasteiger partial charge in [-0.05, 0) is 50.4 Å². The molecule has 3 nitrogen and oxygen atoms in total. The summed E-state index contributed by atoms with van der Waals surface area (Å²) >= 11 is 0. The lowest BCUT2D eigenvalue weighted by molar-refractivity contribution is 0.299. The molecule has 1 saturated heterocycles. The van der Waals surface area contributed by atoms with Crippen LogP contribution in [-0.2, 0) is 0 Å². The van der Waals surface area contributed by atoms with Crippen molar-refractivity contribution in [3.05, 3.63) is 0 Å². The number of nitrogens with zero attached hydrogens (tertiary/aromatic N) is 2. The third kappa shape index (κ3) is 3.80. The molecular formula is C16H30IN3. The molecule has 1 N–H and O–H groups in total. The maximum absolute atomic E-state index is 4.91. The summed E-state index contributed by atoms with van der Waals surface area (Å²) in [5, 5.41) is 3.51. The zero-order valence-electron chi connectivity index (χ0n) is 12.8. The smallest absolute Gasteiger partial charge is 0.193 e. The van der Waals surface area contributed by atoms with Gasteiger partial charge in [-0.2, -0.15) is 0 Å². The molecule has 2 aliphatic carbocycles. The number of halogens is 1. The van der Waals surface area contributed by atoms with Crippen molar-refractivity contribution in [3.8, 4) is 0 Å². The molecule has 0 amide bonds. The molecule has 20 heavy (non-hydrogen) atoms. The number of aliphatic imine (C=N–C) groups is 1. The third-order valence-electron chi connectivity index (χ3n) is 5.33. The predicted molar refractivity (Wildman–Crippen MR) is 95.8 cm³/mol. The first kappa shape index (κ1) is 16.4. The van der Waals surface area contributed by atoms with Crippen molar-refractivity contribution >= 4 is 29.9 Å². The van der Waals surface area contributed by atoms with Gasteiger partial charge >= 0.3 is 0 Å². The van der Waals surface area contributed by atoms with E-state index < -0.39 is 0 Å². The van der Waals surface area contributed by atoms with Crippen molar-refractivity contribution in [2.75, 3.05) is 26.2 Å². The Morgan fingerprint density at radius 1 is 1.05 bits per heavy atom. The normalized spacial score (nSPS) is 30.4. The number of rotatable bonds is 3. The molecule has 0 aromatic carbocycles. The quantitative estimate of drug-likeness (QED) is 0.453. The zero-order valence-corrected chi connectivity index (χ0v) is 15.1. The van der Waals surface area contributed by atoms with Crippen LogP contribution in [0.1, 0.15) is 51.9 Å². The summed E-state index contributed by atoms with van der Waals surface area (Å²) in [4.78, 5) is 7.45. The van der Waals surface area contributed by atoms with Crippen molar-refractivity contribution in [2.45, 2.75) is 51.9 Å². The molecule has 0 bridgehead atoms. The number of hydrogen-bond acceptors (Lipinski definition) is 1. The Morgan fingerprint density at radius 2 is 1.70 bits per heavy atom. The van der Waals surface area contributed by atoms with Gasteiger partial charge in [-0.3, -0.25) is 4.99 Å². The average Bonchev–Trinajstić information content (AvgIpc) is 2.79. The van der Waals surface area contributed by atoms with Crippen LogP contribution in [0.4, 0.5) is 0 Å². The Hall–Kier alpha value is 0. The van der Waals surface area contributed by atoms with Gasteiger partial charge in [-0.25, -0.2) is 0 Å². The van der Waals surface area contributed by atoms with Gasteiger partial charge in [-0.1, -0.05) is 19.3 Å². The SMILES string of the molecule is CCNC(=NCC1CCC1)N1CC2CCCCC2C1.I. The Labute approximate surface area is 141 Å². The Balaban J connectivity index is 0.00000147. The lowest BCUT2D eigenvalue weighted by Gasteiger charge is -2.26. The van der Waals surface area contributed by atoms with Crippen molar-refractivity contribution in [3.63, 3.8) is 0 Å². The van der Waals surface area contributed by atoms with Crippen LogP contribution in [0.5, 0.6) is 0 Å². The van der Waals surface area contributed by atoms with Crippen molar-refractivity contribution in [1.29, 1.82) is 0 Å². The maximum Gasteiger partial charge on any atom is 0.193 e. The fourth-order valence-electron chi connectivity index (χ4n) is 3.90. The molecule has 4 heteroatoms. The van der Waals surface area contributed by atoms with E-state index in [1.54, 1.807) is 0 Å². The Kier molecular flexibility index (Phi) is 6.43. The Morgan fingerprint density at radius 3 is 2.20 bits per heavy atom. The minimum atomic E-state index is 0. The monoisotopic (exact) mass is 391 g/mol. The number of likely N-dealkylation sites (tertiary alicyclic amines) is 1. The van der Waals surface area contributed by atoms with E-state index in [2.05, 4.69) is 17.1 Å². The fraction of sp³-hybridized carbons (Fsp3) is 0.938. The molecule has 2 atom stereocenters. The highest BCUT2D eigenvalue weighted by Crippen LogP contribution is 2.36. The lowest BCUT2D eigenvalue weighted by atomic mass is 9.82. The number of hydrogen-bond donors (Lipinski definition) is 1. The van der Waals surface area contributed by atoms with E-state index in [4.69, 9.17) is 4.99 Å². The molecule has 116 valence electrons. The molecule has 1 heterocycles. The van der Waals surface area contributed by atoms with Crippen LogP contribution >= 0.6 is 24.0 Å². The molecule has 2 saturated carbocycles. The highest BCUT2D eigenvalue weighted by Gasteiger charge is 2.35. The summed E-state index contributed by atoms with van der Waals surface area (Å²) in [6.07, 6.45) is 10.0. The topological polar surface area (TPSA) is 27.6 Å². The zero-order chi connectivity index (χ0) is 13.1. The summed E-state index contributed by atoms with van der Waals surface area (Å²) in [5.41, 5.74) is 0. The molecule has 2 unspecified atom stereocenters. The van der Waals surface area contributed by atoms with Crippen molar-refractivity contribution in [1.82, 2.24) is 10.2 Å². The first-order chi connectivity index (χ1) is 9.36. The summed E-state index contributed by atoms with van der Waals surface area (Å²) in [5.74, 6) is 3.96. The summed E-state index contributed by atoms with van der Waals surface area (Å²) < 4.78 is 0. The van der Waals surface area contributed by atoms with Gasteiger partial charge in [0.25, 0.3) is 0 Å². The predicted octanol–water partition coefficient (Wildman–Crippen LogP) is 3.49. The summed E-state index contributed by atoms with van der Waals surface area (Å²) in [7, 11) is 0. The second-order valence-corrected chi connectivity index (χ2v) is 6.70. The molecule has 3 rings (SSSR count). The largest absolute Gasteiger partial charge is 0.357 e. The van der Waals surface area contributed by atoms with E-state index in [1.165, 1.54) is 64.0 Å². The molecule has 0 aromatic rings. The number of guanidine groups is 1. The van der Waals surface area contributed by atoms with Crippen LogP contribution in [0.25, 0.3) is 0 Å². The molecule has 3 aliphatic rings. The number of nitrogens with one attached hydrogen (secondary N) is 1. The van der Waals surface area contributed by atoms with Crippen molar-refractivity contribution in [2.24, 2.45) is 22.7 Å². The first-order valence-corrected chi connectivity index (χ1v) is 8.40. The van der Waals surface area contributed by atoms with Gasteiger partial charge in [0.2, 0.25) is 0 Å².